The SMILES string of the molecule is CCCCCCCCCCC/C=C/[C@@H](O)[C@H](CO)NC(=O)CCCCCCCCCCCCCCCCCCCCCCC. The van der Waals surface area contributed by atoms with Gasteiger partial charge < -0.3 is 15.5 Å². The molecule has 4 nitrogen and oxygen atoms in total. The zero-order valence-electron chi connectivity index (χ0n) is 29.9. The molecule has 2 atom stereocenters. The topological polar surface area (TPSA) is 69.6 Å². The number of nitrogens with one attached hydrogen (secondary N) is 1. The average molecular weight is 622 g/mol. The van der Waals surface area contributed by atoms with Crippen LogP contribution in [0, 0.1) is 0 Å². The molecule has 0 aromatic carbocycles. The van der Waals surface area contributed by atoms with Gasteiger partial charge >= 0.3 is 0 Å². The van der Waals surface area contributed by atoms with Gasteiger partial charge in [0.25, 0.3) is 0 Å². The summed E-state index contributed by atoms with van der Waals surface area (Å²) in [5.41, 5.74) is 0. The monoisotopic (exact) mass is 622 g/mol. The van der Waals surface area contributed by atoms with Crippen LogP contribution in [0.4, 0.5) is 0 Å². The molecule has 0 aliphatic carbocycles. The number of hydrogen-bond acceptors (Lipinski definition) is 3. The summed E-state index contributed by atoms with van der Waals surface area (Å²) in [6.07, 6.45) is 44.5. The molecule has 44 heavy (non-hydrogen) atoms. The van der Waals surface area contributed by atoms with Crippen molar-refractivity contribution in [2.45, 2.75) is 231 Å². The Morgan fingerprint density at radius 2 is 0.841 bits per heavy atom. The van der Waals surface area contributed by atoms with Crippen molar-refractivity contribution < 1.29 is 15.0 Å². The molecule has 0 heterocycles. The van der Waals surface area contributed by atoms with Crippen LogP contribution >= 0.6 is 0 Å². The fourth-order valence-corrected chi connectivity index (χ4v) is 6.18. The van der Waals surface area contributed by atoms with E-state index >= 15 is 0 Å². The van der Waals surface area contributed by atoms with Gasteiger partial charge in [-0.05, 0) is 19.3 Å². The number of carbonyl (C=O) groups excluding carboxylic acids is 1. The highest BCUT2D eigenvalue weighted by atomic mass is 16.3. The van der Waals surface area contributed by atoms with Crippen LogP contribution in [0.3, 0.4) is 0 Å². The standard InChI is InChI=1S/C40H79NO3/c1-3-5-7-9-11-13-15-16-17-18-19-20-21-22-23-24-26-28-30-32-34-36-40(44)41-38(37-42)39(43)35-33-31-29-27-25-14-12-10-8-6-4-2/h33,35,38-39,42-43H,3-32,34,36-37H2,1-2H3,(H,41,44)/b35-33+/t38-,39+/m0/s1. The van der Waals surface area contributed by atoms with Crippen LogP contribution in [-0.4, -0.2) is 34.9 Å². The number of allylic oxidation sites excluding steroid dienone is 1. The van der Waals surface area contributed by atoms with E-state index < -0.39 is 12.1 Å². The summed E-state index contributed by atoms with van der Waals surface area (Å²) in [5.74, 6) is -0.0618. The van der Waals surface area contributed by atoms with Crippen LogP contribution in [0.5, 0.6) is 0 Å². The van der Waals surface area contributed by atoms with Gasteiger partial charge in [0.1, 0.15) is 0 Å². The summed E-state index contributed by atoms with van der Waals surface area (Å²) in [6, 6.07) is -0.614. The molecule has 0 saturated carbocycles. The van der Waals surface area contributed by atoms with Crippen LogP contribution in [0.25, 0.3) is 0 Å². The minimum Gasteiger partial charge on any atom is -0.394 e. The molecule has 0 radical (unpaired) electrons. The van der Waals surface area contributed by atoms with E-state index in [1.165, 1.54) is 173 Å². The quantitative estimate of drug-likeness (QED) is 0.0481. The molecule has 1 amide bonds. The Morgan fingerprint density at radius 1 is 0.523 bits per heavy atom. The van der Waals surface area contributed by atoms with Crippen LogP contribution in [0.2, 0.25) is 0 Å². The molecule has 0 aromatic rings. The number of unbranched alkanes of at least 4 members (excludes halogenated alkanes) is 29. The van der Waals surface area contributed by atoms with Gasteiger partial charge in [0.05, 0.1) is 18.8 Å². The first kappa shape index (κ1) is 43.1. The molecule has 0 fully saturated rings. The van der Waals surface area contributed by atoms with Crippen LogP contribution in [0.1, 0.15) is 219 Å². The highest BCUT2D eigenvalue weighted by Gasteiger charge is 2.17. The summed E-state index contributed by atoms with van der Waals surface area (Å²) < 4.78 is 0. The molecule has 0 saturated heterocycles. The first-order valence-corrected chi connectivity index (χ1v) is 19.9. The van der Waals surface area contributed by atoms with Crippen molar-refractivity contribution in [3.63, 3.8) is 0 Å². The maximum Gasteiger partial charge on any atom is 0.220 e. The number of carbonyl (C=O) groups is 1. The van der Waals surface area contributed by atoms with E-state index in [-0.39, 0.29) is 12.5 Å². The Bertz CT molecular complexity index is 593. The van der Waals surface area contributed by atoms with E-state index in [0.717, 1.165) is 25.7 Å². The Balaban J connectivity index is 3.50. The molecular formula is C40H79NO3. The van der Waals surface area contributed by atoms with Gasteiger partial charge in [0, 0.05) is 6.42 Å². The highest BCUT2D eigenvalue weighted by molar-refractivity contribution is 5.76. The fourth-order valence-electron chi connectivity index (χ4n) is 6.18. The number of aliphatic hydroxyl groups excluding tert-OH is 2. The normalized spacial score (nSPS) is 13.1. The summed E-state index contributed by atoms with van der Waals surface area (Å²) in [5, 5.41) is 22.9. The highest BCUT2D eigenvalue weighted by Crippen LogP contribution is 2.16. The van der Waals surface area contributed by atoms with Gasteiger partial charge in [-0.1, -0.05) is 206 Å². The van der Waals surface area contributed by atoms with E-state index in [2.05, 4.69) is 19.2 Å². The lowest BCUT2D eigenvalue weighted by molar-refractivity contribution is -0.123. The minimum absolute atomic E-state index is 0.0618. The molecule has 0 unspecified atom stereocenters. The number of hydrogen-bond donors (Lipinski definition) is 3. The summed E-state index contributed by atoms with van der Waals surface area (Å²) in [7, 11) is 0. The summed E-state index contributed by atoms with van der Waals surface area (Å²) in [4.78, 5) is 12.3. The smallest absolute Gasteiger partial charge is 0.220 e. The lowest BCUT2D eigenvalue weighted by Crippen LogP contribution is -2.45. The van der Waals surface area contributed by atoms with Crippen molar-refractivity contribution in [3.8, 4) is 0 Å². The molecule has 0 aliphatic rings. The second-order valence-corrected chi connectivity index (χ2v) is 13.7. The molecule has 262 valence electrons. The van der Waals surface area contributed by atoms with Gasteiger partial charge in [-0.3, -0.25) is 4.79 Å². The molecule has 0 aliphatic heterocycles. The van der Waals surface area contributed by atoms with Gasteiger partial charge in [-0.25, -0.2) is 0 Å². The lowest BCUT2D eigenvalue weighted by atomic mass is 10.0. The van der Waals surface area contributed by atoms with E-state index in [0.29, 0.717) is 6.42 Å². The van der Waals surface area contributed by atoms with Crippen molar-refractivity contribution in [1.29, 1.82) is 0 Å². The molecule has 0 bridgehead atoms. The van der Waals surface area contributed by atoms with Crippen molar-refractivity contribution >= 4 is 5.91 Å². The van der Waals surface area contributed by atoms with Crippen molar-refractivity contribution in [3.05, 3.63) is 12.2 Å². The first-order chi connectivity index (χ1) is 21.7. The average Bonchev–Trinajstić information content (AvgIpc) is 3.03. The van der Waals surface area contributed by atoms with Gasteiger partial charge in [-0.15, -0.1) is 0 Å². The molecular weight excluding hydrogens is 542 g/mol. The summed E-state index contributed by atoms with van der Waals surface area (Å²) >= 11 is 0. The molecule has 0 rings (SSSR count). The third kappa shape index (κ3) is 32.5. The van der Waals surface area contributed by atoms with E-state index in [4.69, 9.17) is 0 Å². The van der Waals surface area contributed by atoms with Crippen LogP contribution in [0.15, 0.2) is 12.2 Å². The first-order valence-electron chi connectivity index (χ1n) is 19.9. The zero-order chi connectivity index (χ0) is 32.2. The second-order valence-electron chi connectivity index (χ2n) is 13.7. The van der Waals surface area contributed by atoms with E-state index in [1.54, 1.807) is 6.08 Å². The van der Waals surface area contributed by atoms with Gasteiger partial charge in [-0.2, -0.15) is 0 Å². The van der Waals surface area contributed by atoms with Crippen molar-refractivity contribution in [2.24, 2.45) is 0 Å². The third-order valence-corrected chi connectivity index (χ3v) is 9.27. The van der Waals surface area contributed by atoms with E-state index in [1.807, 2.05) is 6.08 Å². The Kier molecular flexibility index (Phi) is 35.9. The van der Waals surface area contributed by atoms with Crippen LogP contribution in [-0.2, 0) is 4.79 Å². The fraction of sp³-hybridized carbons (Fsp3) is 0.925. The predicted molar refractivity (Wildman–Crippen MR) is 193 cm³/mol. The Labute approximate surface area is 276 Å². The molecule has 0 spiro atoms. The van der Waals surface area contributed by atoms with Gasteiger partial charge in [0.15, 0.2) is 0 Å². The minimum atomic E-state index is -0.831. The maximum absolute atomic E-state index is 12.3. The second kappa shape index (κ2) is 36.6. The zero-order valence-corrected chi connectivity index (χ0v) is 29.9. The van der Waals surface area contributed by atoms with Crippen molar-refractivity contribution in [2.75, 3.05) is 6.61 Å². The molecule has 4 heteroatoms. The van der Waals surface area contributed by atoms with Crippen LogP contribution < -0.4 is 5.32 Å². The summed E-state index contributed by atoms with van der Waals surface area (Å²) in [6.45, 7) is 4.30. The lowest BCUT2D eigenvalue weighted by Gasteiger charge is -2.20. The maximum atomic E-state index is 12.3. The Hall–Kier alpha value is -0.870. The molecule has 3 N–H and O–H groups in total. The van der Waals surface area contributed by atoms with Gasteiger partial charge in [0.2, 0.25) is 5.91 Å². The van der Waals surface area contributed by atoms with Crippen molar-refractivity contribution in [1.82, 2.24) is 5.32 Å². The van der Waals surface area contributed by atoms with E-state index in [9.17, 15) is 15.0 Å². The Morgan fingerprint density at radius 3 is 1.18 bits per heavy atom. The largest absolute Gasteiger partial charge is 0.394 e. The number of aliphatic hydroxyl groups is 2. The molecule has 0 aromatic heterocycles. The predicted octanol–water partition coefficient (Wildman–Crippen LogP) is 11.9. The number of rotatable bonds is 36. The number of amides is 1. The third-order valence-electron chi connectivity index (χ3n) is 9.27.